The number of hydrogen-bond donors (Lipinski definition) is 0. The van der Waals surface area contributed by atoms with E-state index in [1.807, 2.05) is 0 Å². The normalized spacial score (nSPS) is 24.8. The summed E-state index contributed by atoms with van der Waals surface area (Å²) in [5, 5.41) is 0. The lowest BCUT2D eigenvalue weighted by Crippen LogP contribution is -2.29. The molecule has 0 aromatic heterocycles. The van der Waals surface area contributed by atoms with Crippen LogP contribution in [0.4, 0.5) is 13.2 Å². The van der Waals surface area contributed by atoms with Gasteiger partial charge in [-0.1, -0.05) is 39.0 Å². The van der Waals surface area contributed by atoms with Crippen molar-refractivity contribution >= 4 is 22.4 Å². The summed E-state index contributed by atoms with van der Waals surface area (Å²) in [5.74, 6) is -0.922. The first-order chi connectivity index (χ1) is 9.50. The molecule has 0 amide bonds. The van der Waals surface area contributed by atoms with Crippen LogP contribution >= 0.6 is 10.3 Å². The Morgan fingerprint density at radius 3 is 2.19 bits per heavy atom. The largest absolute Gasteiger partial charge is 0.464 e. The van der Waals surface area contributed by atoms with Crippen LogP contribution in [-0.2, 0) is 8.98 Å². The van der Waals surface area contributed by atoms with Gasteiger partial charge in [0.1, 0.15) is 0 Å². The van der Waals surface area contributed by atoms with Crippen LogP contribution < -0.4 is 0 Å². The molecule has 6 heteroatoms. The van der Waals surface area contributed by atoms with Crippen LogP contribution in [0, 0.1) is 5.41 Å². The first-order valence-corrected chi connectivity index (χ1v) is 7.97. The summed E-state index contributed by atoms with van der Waals surface area (Å²) in [4.78, 5) is 11.6. The predicted octanol–water partition coefficient (Wildman–Crippen LogP) is 5.25. The van der Waals surface area contributed by atoms with Crippen LogP contribution in [0.1, 0.15) is 33.3 Å². The number of benzene rings is 1. The van der Waals surface area contributed by atoms with Crippen LogP contribution in [0.25, 0.3) is 6.08 Å². The third-order valence-electron chi connectivity index (χ3n) is 3.13. The maximum atomic E-state index is 14.0. The quantitative estimate of drug-likeness (QED) is 0.707. The Bertz CT molecular complexity index is 614. The third kappa shape index (κ3) is 2.46. The van der Waals surface area contributed by atoms with E-state index in [1.165, 1.54) is 18.2 Å². The van der Waals surface area contributed by atoms with Crippen molar-refractivity contribution < 1.29 is 22.1 Å². The third-order valence-corrected chi connectivity index (χ3v) is 6.61. The average molecular weight is 318 g/mol. The van der Waals surface area contributed by atoms with Gasteiger partial charge in [0.25, 0.3) is 0 Å². The number of allylic oxidation sites excluding steroid dienone is 1. The minimum atomic E-state index is -4.65. The molecular formula is C15H17F3O2S. The number of alkyl halides is 3. The van der Waals surface area contributed by atoms with E-state index in [4.69, 9.17) is 4.18 Å². The molecule has 0 fully saturated rings. The van der Waals surface area contributed by atoms with Gasteiger partial charge in [0.2, 0.25) is 0 Å². The SMILES string of the molecule is CC(=O)OS1(C(F)(F)F)C(C(C)(C)C)=Cc2ccccc21. The minimum absolute atomic E-state index is 0.0534. The summed E-state index contributed by atoms with van der Waals surface area (Å²) in [5.41, 5.74) is -4.94. The van der Waals surface area contributed by atoms with Gasteiger partial charge in [0.15, 0.2) is 0 Å². The highest BCUT2D eigenvalue weighted by Crippen LogP contribution is 2.79. The Labute approximate surface area is 123 Å². The summed E-state index contributed by atoms with van der Waals surface area (Å²) >= 11 is 0. The zero-order valence-electron chi connectivity index (χ0n) is 12.2. The van der Waals surface area contributed by atoms with Gasteiger partial charge >= 0.3 is 11.5 Å². The average Bonchev–Trinajstić information content (AvgIpc) is 2.64. The van der Waals surface area contributed by atoms with Crippen molar-refractivity contribution in [3.8, 4) is 0 Å². The summed E-state index contributed by atoms with van der Waals surface area (Å²) in [6, 6.07) is 6.23. The van der Waals surface area contributed by atoms with Crippen molar-refractivity contribution in [3.05, 3.63) is 34.7 Å². The maximum Gasteiger partial charge on any atom is 0.464 e. The number of halogens is 3. The lowest BCUT2D eigenvalue weighted by Gasteiger charge is -2.43. The van der Waals surface area contributed by atoms with Gasteiger partial charge in [0, 0.05) is 16.7 Å². The van der Waals surface area contributed by atoms with E-state index in [2.05, 4.69) is 0 Å². The fourth-order valence-electron chi connectivity index (χ4n) is 2.41. The second-order valence-electron chi connectivity index (χ2n) is 5.87. The standard InChI is InChI=1S/C15H17F3O2S/c1-10(19)20-21(15(16,17)18)12-8-6-5-7-11(12)9-13(21)14(2,3)4/h5-9H,1-4H3. The molecule has 1 aromatic carbocycles. The van der Waals surface area contributed by atoms with Gasteiger partial charge in [-0.3, -0.25) is 4.79 Å². The summed E-state index contributed by atoms with van der Waals surface area (Å²) in [7, 11) is -3.82. The van der Waals surface area contributed by atoms with E-state index in [1.54, 1.807) is 32.9 Å². The molecule has 0 saturated heterocycles. The molecule has 1 unspecified atom stereocenters. The number of hydrogen-bond acceptors (Lipinski definition) is 2. The molecule has 1 aromatic rings. The molecule has 1 heterocycles. The van der Waals surface area contributed by atoms with Gasteiger partial charge in [-0.2, -0.15) is 13.2 Å². The van der Waals surface area contributed by atoms with Crippen molar-refractivity contribution in [2.24, 2.45) is 5.41 Å². The van der Waals surface area contributed by atoms with Crippen molar-refractivity contribution in [2.75, 3.05) is 0 Å². The zero-order valence-corrected chi connectivity index (χ0v) is 13.1. The fourth-order valence-corrected chi connectivity index (χ4v) is 5.66. The highest BCUT2D eigenvalue weighted by atomic mass is 32.3. The predicted molar refractivity (Wildman–Crippen MR) is 77.6 cm³/mol. The van der Waals surface area contributed by atoms with E-state index in [0.29, 0.717) is 5.56 Å². The van der Waals surface area contributed by atoms with Gasteiger partial charge < -0.3 is 4.18 Å². The molecule has 0 aliphatic carbocycles. The lowest BCUT2D eigenvalue weighted by atomic mass is 9.95. The Balaban J connectivity index is 2.80. The monoisotopic (exact) mass is 318 g/mol. The molecule has 21 heavy (non-hydrogen) atoms. The second-order valence-corrected chi connectivity index (χ2v) is 8.49. The summed E-state index contributed by atoms with van der Waals surface area (Å²) in [6.07, 6.45) is 1.51. The van der Waals surface area contributed by atoms with Crippen LogP contribution in [0.15, 0.2) is 34.1 Å². The van der Waals surface area contributed by atoms with E-state index in [0.717, 1.165) is 6.92 Å². The molecular weight excluding hydrogens is 301 g/mol. The maximum absolute atomic E-state index is 14.0. The Hall–Kier alpha value is -1.43. The summed E-state index contributed by atoms with van der Waals surface area (Å²) < 4.78 is 46.8. The Morgan fingerprint density at radius 1 is 1.14 bits per heavy atom. The number of carbonyl (C=O) groups excluding carboxylic acids is 1. The molecule has 116 valence electrons. The smallest absolute Gasteiger partial charge is 0.399 e. The molecule has 0 bridgehead atoms. The number of fused-ring (bicyclic) bond motifs is 1. The first-order valence-electron chi connectivity index (χ1n) is 6.41. The molecule has 0 N–H and O–H groups in total. The lowest BCUT2D eigenvalue weighted by molar-refractivity contribution is -0.132. The van der Waals surface area contributed by atoms with Crippen molar-refractivity contribution in [3.63, 3.8) is 0 Å². The van der Waals surface area contributed by atoms with E-state index < -0.39 is 27.2 Å². The van der Waals surface area contributed by atoms with Crippen LogP contribution in [0.5, 0.6) is 0 Å². The van der Waals surface area contributed by atoms with Crippen molar-refractivity contribution in [1.82, 2.24) is 0 Å². The molecule has 1 aliphatic heterocycles. The fraction of sp³-hybridized carbons (Fsp3) is 0.400. The second kappa shape index (κ2) is 4.80. The van der Waals surface area contributed by atoms with E-state index in [-0.39, 0.29) is 9.80 Å². The summed E-state index contributed by atoms with van der Waals surface area (Å²) in [6.45, 7) is 6.10. The van der Waals surface area contributed by atoms with Crippen LogP contribution in [0.3, 0.4) is 0 Å². The Morgan fingerprint density at radius 2 is 1.71 bits per heavy atom. The van der Waals surface area contributed by atoms with Crippen LogP contribution in [0.2, 0.25) is 0 Å². The molecule has 0 spiro atoms. The highest BCUT2D eigenvalue weighted by Gasteiger charge is 2.61. The molecule has 1 atom stereocenters. The minimum Gasteiger partial charge on any atom is -0.399 e. The van der Waals surface area contributed by atoms with Gasteiger partial charge in [-0.15, -0.1) is 0 Å². The van der Waals surface area contributed by atoms with Crippen molar-refractivity contribution in [2.45, 2.75) is 38.1 Å². The molecule has 0 radical (unpaired) electrons. The first kappa shape index (κ1) is 15.9. The Kier molecular flexibility index (Phi) is 3.64. The van der Waals surface area contributed by atoms with Crippen LogP contribution in [-0.4, -0.2) is 11.5 Å². The van der Waals surface area contributed by atoms with Crippen molar-refractivity contribution in [1.29, 1.82) is 0 Å². The van der Waals surface area contributed by atoms with Gasteiger partial charge in [-0.05, 0) is 23.1 Å². The number of carbonyl (C=O) groups is 1. The van der Waals surface area contributed by atoms with E-state index in [9.17, 15) is 18.0 Å². The highest BCUT2D eigenvalue weighted by molar-refractivity contribution is 8.34. The van der Waals surface area contributed by atoms with E-state index >= 15 is 0 Å². The van der Waals surface area contributed by atoms with Gasteiger partial charge in [0.05, 0.1) is 10.3 Å². The topological polar surface area (TPSA) is 26.3 Å². The molecule has 1 aliphatic rings. The molecule has 2 nitrogen and oxygen atoms in total. The molecule has 2 rings (SSSR count). The zero-order chi connectivity index (χ0) is 16.1. The van der Waals surface area contributed by atoms with Gasteiger partial charge in [-0.25, -0.2) is 0 Å². The molecule has 0 saturated carbocycles. The number of rotatable bonds is 1.